The third-order valence-corrected chi connectivity index (χ3v) is 5.06. The molecule has 1 aliphatic heterocycles. The smallest absolute Gasteiger partial charge is 0.139 e. The largest absolute Gasteiger partial charge is 0.510 e. The SMILES string of the molecule is N=C1C(c2nc3ccccc3s2)=C(O)CN1c1ccc(Cl)cc1. The minimum absolute atomic E-state index is 0.170. The molecular formula is C17H12ClN3OS. The molecule has 6 heteroatoms. The van der Waals surface area contributed by atoms with Gasteiger partial charge < -0.3 is 10.0 Å². The molecule has 1 aromatic heterocycles. The summed E-state index contributed by atoms with van der Waals surface area (Å²) in [4.78, 5) is 6.29. The lowest BCUT2D eigenvalue weighted by atomic mass is 10.2. The van der Waals surface area contributed by atoms with Crippen molar-refractivity contribution in [2.45, 2.75) is 0 Å². The fraction of sp³-hybridized carbons (Fsp3) is 0.0588. The molecule has 2 heterocycles. The molecule has 4 nitrogen and oxygen atoms in total. The van der Waals surface area contributed by atoms with Crippen LogP contribution in [0.4, 0.5) is 5.69 Å². The summed E-state index contributed by atoms with van der Waals surface area (Å²) in [6, 6.07) is 15.0. The molecule has 0 amide bonds. The van der Waals surface area contributed by atoms with Crippen LogP contribution < -0.4 is 4.90 Å². The van der Waals surface area contributed by atoms with E-state index in [0.717, 1.165) is 15.9 Å². The standard InChI is InChI=1S/C17H12ClN3OS/c18-10-5-7-11(8-6-10)21-9-13(22)15(16(21)19)17-20-12-3-1-2-4-14(12)23-17/h1-8,19,22H,9H2. The third kappa shape index (κ3) is 2.38. The third-order valence-electron chi connectivity index (χ3n) is 3.75. The minimum atomic E-state index is 0.170. The summed E-state index contributed by atoms with van der Waals surface area (Å²) in [6.07, 6.45) is 0. The van der Waals surface area contributed by atoms with Gasteiger partial charge in [-0.05, 0) is 36.4 Å². The van der Waals surface area contributed by atoms with Gasteiger partial charge >= 0.3 is 0 Å². The van der Waals surface area contributed by atoms with E-state index in [2.05, 4.69) is 4.98 Å². The Hall–Kier alpha value is -2.37. The molecular weight excluding hydrogens is 330 g/mol. The molecule has 2 N–H and O–H groups in total. The van der Waals surface area contributed by atoms with Gasteiger partial charge in [0.15, 0.2) is 0 Å². The summed E-state index contributed by atoms with van der Waals surface area (Å²) >= 11 is 7.40. The Kier molecular flexibility index (Phi) is 3.32. The van der Waals surface area contributed by atoms with Crippen LogP contribution in [0.1, 0.15) is 5.01 Å². The molecule has 1 aliphatic rings. The number of aromatic nitrogens is 1. The van der Waals surface area contributed by atoms with Crippen molar-refractivity contribution in [3.63, 3.8) is 0 Å². The number of para-hydroxylation sites is 1. The van der Waals surface area contributed by atoms with Crippen molar-refractivity contribution in [2.24, 2.45) is 0 Å². The van der Waals surface area contributed by atoms with Gasteiger partial charge in [0.2, 0.25) is 0 Å². The van der Waals surface area contributed by atoms with Gasteiger partial charge in [-0.15, -0.1) is 11.3 Å². The van der Waals surface area contributed by atoms with Crippen molar-refractivity contribution in [1.82, 2.24) is 4.98 Å². The highest BCUT2D eigenvalue weighted by atomic mass is 35.5. The Morgan fingerprint density at radius 3 is 2.61 bits per heavy atom. The zero-order valence-electron chi connectivity index (χ0n) is 12.0. The molecule has 4 rings (SSSR count). The Labute approximate surface area is 141 Å². The molecule has 0 saturated carbocycles. The Morgan fingerprint density at radius 1 is 1.13 bits per heavy atom. The summed E-state index contributed by atoms with van der Waals surface area (Å²) in [7, 11) is 0. The average molecular weight is 342 g/mol. The van der Waals surface area contributed by atoms with E-state index < -0.39 is 0 Å². The number of nitrogens with one attached hydrogen (secondary N) is 1. The second-order valence-corrected chi connectivity index (χ2v) is 6.69. The molecule has 0 spiro atoms. The maximum Gasteiger partial charge on any atom is 0.139 e. The van der Waals surface area contributed by atoms with Gasteiger partial charge in [-0.1, -0.05) is 23.7 Å². The van der Waals surface area contributed by atoms with E-state index in [1.54, 1.807) is 17.0 Å². The molecule has 0 aliphatic carbocycles. The zero-order chi connectivity index (χ0) is 16.0. The van der Waals surface area contributed by atoms with Crippen LogP contribution in [0, 0.1) is 5.41 Å². The van der Waals surface area contributed by atoms with Crippen LogP contribution in [0.2, 0.25) is 5.02 Å². The van der Waals surface area contributed by atoms with Crippen molar-refractivity contribution >= 4 is 50.3 Å². The van der Waals surface area contributed by atoms with Gasteiger partial charge in [-0.2, -0.15) is 0 Å². The topological polar surface area (TPSA) is 60.2 Å². The first-order valence-corrected chi connectivity index (χ1v) is 8.23. The maximum atomic E-state index is 10.4. The highest BCUT2D eigenvalue weighted by Gasteiger charge is 2.31. The molecule has 0 atom stereocenters. The second-order valence-electron chi connectivity index (χ2n) is 5.22. The molecule has 114 valence electrons. The first kappa shape index (κ1) is 14.2. The molecule has 23 heavy (non-hydrogen) atoms. The van der Waals surface area contributed by atoms with Gasteiger partial charge in [0.1, 0.15) is 16.6 Å². The van der Waals surface area contributed by atoms with Crippen molar-refractivity contribution in [3.05, 3.63) is 64.3 Å². The van der Waals surface area contributed by atoms with E-state index in [1.807, 2.05) is 36.4 Å². The lowest BCUT2D eigenvalue weighted by Crippen LogP contribution is -2.25. The van der Waals surface area contributed by atoms with Crippen molar-refractivity contribution in [2.75, 3.05) is 11.4 Å². The Morgan fingerprint density at radius 2 is 1.87 bits per heavy atom. The number of benzene rings is 2. The average Bonchev–Trinajstić information content (AvgIpc) is 3.08. The van der Waals surface area contributed by atoms with E-state index >= 15 is 0 Å². The van der Waals surface area contributed by atoms with Crippen molar-refractivity contribution in [3.8, 4) is 0 Å². The fourth-order valence-corrected chi connectivity index (χ4v) is 3.78. The van der Waals surface area contributed by atoms with Crippen LogP contribution in [0.3, 0.4) is 0 Å². The number of aliphatic hydroxyl groups excluding tert-OH is 1. The summed E-state index contributed by atoms with van der Waals surface area (Å²) in [5, 5.41) is 20.1. The molecule has 2 aromatic carbocycles. The lowest BCUT2D eigenvalue weighted by molar-refractivity contribution is 0.411. The summed E-state index contributed by atoms with van der Waals surface area (Å²) in [5.74, 6) is 0.424. The van der Waals surface area contributed by atoms with E-state index in [9.17, 15) is 5.11 Å². The number of hydrogen-bond acceptors (Lipinski definition) is 4. The monoisotopic (exact) mass is 341 g/mol. The number of amidine groups is 1. The van der Waals surface area contributed by atoms with Crippen LogP contribution >= 0.6 is 22.9 Å². The molecule has 3 aromatic rings. The number of thiazole rings is 1. The summed E-state index contributed by atoms with van der Waals surface area (Å²) in [5.41, 5.74) is 2.20. The number of anilines is 1. The minimum Gasteiger partial charge on any atom is -0.510 e. The van der Waals surface area contributed by atoms with E-state index in [0.29, 0.717) is 15.6 Å². The normalized spacial score (nSPS) is 15.0. The van der Waals surface area contributed by atoms with Gasteiger partial charge in [0, 0.05) is 10.7 Å². The van der Waals surface area contributed by atoms with E-state index in [4.69, 9.17) is 17.0 Å². The highest BCUT2D eigenvalue weighted by molar-refractivity contribution is 7.19. The maximum absolute atomic E-state index is 10.4. The molecule has 0 saturated heterocycles. The number of rotatable bonds is 2. The second kappa shape index (κ2) is 5.37. The van der Waals surface area contributed by atoms with Crippen LogP contribution in [0.15, 0.2) is 54.3 Å². The predicted octanol–water partition coefficient (Wildman–Crippen LogP) is 4.72. The number of hydrogen-bond donors (Lipinski definition) is 2. The van der Waals surface area contributed by atoms with Crippen LogP contribution in [0.25, 0.3) is 15.8 Å². The fourth-order valence-electron chi connectivity index (χ4n) is 2.62. The Bertz CT molecular complexity index is 913. The van der Waals surface area contributed by atoms with Gasteiger partial charge in [-0.3, -0.25) is 5.41 Å². The number of fused-ring (bicyclic) bond motifs is 1. The number of nitrogens with zero attached hydrogens (tertiary/aromatic N) is 2. The molecule has 0 unspecified atom stereocenters. The van der Waals surface area contributed by atoms with Gasteiger partial charge in [-0.25, -0.2) is 4.98 Å². The van der Waals surface area contributed by atoms with Crippen molar-refractivity contribution < 1.29 is 5.11 Å². The molecule has 0 bridgehead atoms. The van der Waals surface area contributed by atoms with E-state index in [1.165, 1.54) is 11.3 Å². The summed E-state index contributed by atoms with van der Waals surface area (Å²) < 4.78 is 1.04. The highest BCUT2D eigenvalue weighted by Crippen LogP contribution is 2.35. The van der Waals surface area contributed by atoms with Crippen LogP contribution in [-0.4, -0.2) is 22.5 Å². The van der Waals surface area contributed by atoms with Gasteiger partial charge in [0.25, 0.3) is 0 Å². The number of halogens is 1. The lowest BCUT2D eigenvalue weighted by Gasteiger charge is -2.18. The summed E-state index contributed by atoms with van der Waals surface area (Å²) in [6.45, 7) is 0.270. The number of aliphatic hydroxyl groups is 1. The Balaban J connectivity index is 1.73. The quantitative estimate of drug-likeness (QED) is 0.709. The molecule has 0 fully saturated rings. The van der Waals surface area contributed by atoms with Gasteiger partial charge in [0.05, 0.1) is 22.3 Å². The zero-order valence-corrected chi connectivity index (χ0v) is 13.5. The van der Waals surface area contributed by atoms with Crippen LogP contribution in [0.5, 0.6) is 0 Å². The first-order chi connectivity index (χ1) is 11.1. The van der Waals surface area contributed by atoms with E-state index in [-0.39, 0.29) is 18.1 Å². The van der Waals surface area contributed by atoms with Crippen LogP contribution in [-0.2, 0) is 0 Å². The van der Waals surface area contributed by atoms with Crippen molar-refractivity contribution in [1.29, 1.82) is 5.41 Å². The first-order valence-electron chi connectivity index (χ1n) is 7.03. The predicted molar refractivity (Wildman–Crippen MR) is 95.7 cm³/mol. The molecule has 0 radical (unpaired) electrons.